The van der Waals surface area contributed by atoms with Gasteiger partial charge < -0.3 is 10.1 Å². The third-order valence-electron chi connectivity index (χ3n) is 3.28. The monoisotopic (exact) mass is 414 g/mol. The van der Waals surface area contributed by atoms with Crippen molar-refractivity contribution in [1.29, 1.82) is 0 Å². The van der Waals surface area contributed by atoms with Gasteiger partial charge in [0.15, 0.2) is 9.84 Å². The number of nitrogens with zero attached hydrogens (tertiary/aromatic N) is 1. The number of anilines is 1. The van der Waals surface area contributed by atoms with Gasteiger partial charge in [-0.15, -0.1) is 0 Å². The summed E-state index contributed by atoms with van der Waals surface area (Å²) in [4.78, 5) is 9.95. The van der Waals surface area contributed by atoms with E-state index in [1.165, 1.54) is 18.2 Å². The molecule has 0 aromatic heterocycles. The fraction of sp³-hybridized carbons (Fsp3) is 0.200. The van der Waals surface area contributed by atoms with Gasteiger partial charge in [0.2, 0.25) is 0 Å². The van der Waals surface area contributed by atoms with Gasteiger partial charge in [-0.25, -0.2) is 8.42 Å². The number of halogens is 1. The molecule has 2 rings (SSSR count). The van der Waals surface area contributed by atoms with E-state index in [1.54, 1.807) is 13.2 Å². The van der Waals surface area contributed by atoms with Crippen LogP contribution in [-0.2, 0) is 16.4 Å². The zero-order valence-corrected chi connectivity index (χ0v) is 15.3. The molecule has 128 valence electrons. The predicted molar refractivity (Wildman–Crippen MR) is 94.2 cm³/mol. The van der Waals surface area contributed by atoms with Crippen LogP contribution in [-0.4, -0.2) is 26.7 Å². The second-order valence-electron chi connectivity index (χ2n) is 5.02. The molecule has 0 amide bonds. The fourth-order valence-corrected chi connectivity index (χ4v) is 3.43. The lowest BCUT2D eigenvalue weighted by Gasteiger charge is -2.12. The molecule has 0 bridgehead atoms. The van der Waals surface area contributed by atoms with Crippen LogP contribution in [0.2, 0.25) is 0 Å². The Hall–Kier alpha value is -2.13. The van der Waals surface area contributed by atoms with E-state index in [0.29, 0.717) is 18.0 Å². The van der Waals surface area contributed by atoms with E-state index in [1.807, 2.05) is 12.1 Å². The van der Waals surface area contributed by atoms with Crippen LogP contribution in [0.1, 0.15) is 5.56 Å². The second kappa shape index (κ2) is 7.18. The summed E-state index contributed by atoms with van der Waals surface area (Å²) in [6, 6.07) is 9.43. The zero-order chi connectivity index (χ0) is 17.9. The molecule has 0 aliphatic carbocycles. The first-order valence-corrected chi connectivity index (χ1v) is 9.45. The summed E-state index contributed by atoms with van der Waals surface area (Å²) in [5.41, 5.74) is 0.872. The van der Waals surface area contributed by atoms with Crippen molar-refractivity contribution >= 4 is 37.1 Å². The van der Waals surface area contributed by atoms with Crippen molar-refractivity contribution in [2.75, 3.05) is 18.7 Å². The van der Waals surface area contributed by atoms with Crippen molar-refractivity contribution in [3.05, 3.63) is 56.5 Å². The lowest BCUT2D eigenvalue weighted by atomic mass is 10.2. The number of nitrogens with one attached hydrogen (secondary N) is 1. The highest BCUT2D eigenvalue weighted by Gasteiger charge is 2.22. The van der Waals surface area contributed by atoms with E-state index in [9.17, 15) is 18.5 Å². The SMILES string of the molecule is COc1ccc(Br)cc1CNc1ccc([N+](=O)[O-])c(S(C)(=O)=O)c1. The number of nitro groups is 1. The van der Waals surface area contributed by atoms with Crippen LogP contribution in [0.4, 0.5) is 11.4 Å². The minimum atomic E-state index is -3.72. The lowest BCUT2D eigenvalue weighted by molar-refractivity contribution is -0.387. The minimum Gasteiger partial charge on any atom is -0.496 e. The van der Waals surface area contributed by atoms with Crippen LogP contribution in [0.5, 0.6) is 5.75 Å². The molecule has 0 heterocycles. The summed E-state index contributed by atoms with van der Waals surface area (Å²) < 4.78 is 29.7. The molecule has 7 nitrogen and oxygen atoms in total. The molecule has 2 aromatic carbocycles. The predicted octanol–water partition coefficient (Wildman–Crippen LogP) is 3.38. The van der Waals surface area contributed by atoms with Crippen LogP contribution >= 0.6 is 15.9 Å². The van der Waals surface area contributed by atoms with Crippen LogP contribution in [0.3, 0.4) is 0 Å². The molecule has 0 aliphatic heterocycles. The van der Waals surface area contributed by atoms with Crippen molar-refractivity contribution in [2.45, 2.75) is 11.4 Å². The quantitative estimate of drug-likeness (QED) is 0.574. The summed E-state index contributed by atoms with van der Waals surface area (Å²) >= 11 is 3.38. The number of rotatable bonds is 6. The Morgan fingerprint density at radius 2 is 1.96 bits per heavy atom. The van der Waals surface area contributed by atoms with E-state index in [-0.39, 0.29) is 4.90 Å². The molecule has 0 fully saturated rings. The Morgan fingerprint density at radius 1 is 1.25 bits per heavy atom. The van der Waals surface area contributed by atoms with Gasteiger partial charge in [-0.2, -0.15) is 0 Å². The van der Waals surface area contributed by atoms with Gasteiger partial charge in [0, 0.05) is 34.6 Å². The highest BCUT2D eigenvalue weighted by molar-refractivity contribution is 9.10. The standard InChI is InChI=1S/C15H15BrN2O5S/c1-23-14-6-3-11(16)7-10(14)9-17-12-4-5-13(18(19)20)15(8-12)24(2,21)22/h3-8,17H,9H2,1-2H3. The molecule has 1 N–H and O–H groups in total. The molecule has 0 radical (unpaired) electrons. The van der Waals surface area contributed by atoms with Crippen molar-refractivity contribution < 1.29 is 18.1 Å². The topological polar surface area (TPSA) is 98.5 Å². The third-order valence-corrected chi connectivity index (χ3v) is 4.90. The van der Waals surface area contributed by atoms with E-state index < -0.39 is 20.4 Å². The molecule has 0 atom stereocenters. The van der Waals surface area contributed by atoms with Gasteiger partial charge in [-0.05, 0) is 30.3 Å². The highest BCUT2D eigenvalue weighted by atomic mass is 79.9. The normalized spacial score (nSPS) is 11.1. The first-order chi connectivity index (χ1) is 11.2. The minimum absolute atomic E-state index is 0.321. The van der Waals surface area contributed by atoms with Crippen molar-refractivity contribution in [3.63, 3.8) is 0 Å². The van der Waals surface area contributed by atoms with Gasteiger partial charge in [0.05, 0.1) is 12.0 Å². The Bertz CT molecular complexity index is 883. The number of sulfone groups is 1. The molecule has 0 saturated heterocycles. The molecular formula is C15H15BrN2O5S. The Kier molecular flexibility index (Phi) is 5.45. The smallest absolute Gasteiger partial charge is 0.288 e. The summed E-state index contributed by atoms with van der Waals surface area (Å²) in [6.07, 6.45) is 0.941. The molecule has 24 heavy (non-hydrogen) atoms. The average molecular weight is 415 g/mol. The maximum atomic E-state index is 11.8. The van der Waals surface area contributed by atoms with Crippen molar-refractivity contribution in [1.82, 2.24) is 0 Å². The maximum Gasteiger partial charge on any atom is 0.288 e. The lowest BCUT2D eigenvalue weighted by Crippen LogP contribution is -2.06. The van der Waals surface area contributed by atoms with Gasteiger partial charge in [-0.1, -0.05) is 15.9 Å². The van der Waals surface area contributed by atoms with Gasteiger partial charge in [-0.3, -0.25) is 10.1 Å². The number of benzene rings is 2. The van der Waals surface area contributed by atoms with Gasteiger partial charge in [0.1, 0.15) is 10.6 Å². The van der Waals surface area contributed by atoms with Gasteiger partial charge >= 0.3 is 0 Å². The molecule has 9 heteroatoms. The number of hydrogen-bond donors (Lipinski definition) is 1. The number of nitro benzene ring substituents is 1. The highest BCUT2D eigenvalue weighted by Crippen LogP contribution is 2.28. The number of hydrogen-bond acceptors (Lipinski definition) is 6. The van der Waals surface area contributed by atoms with Crippen molar-refractivity contribution in [3.8, 4) is 5.75 Å². The van der Waals surface area contributed by atoms with Crippen LogP contribution < -0.4 is 10.1 Å². The van der Waals surface area contributed by atoms with E-state index in [4.69, 9.17) is 4.74 Å². The Labute approximate surface area is 147 Å². The van der Waals surface area contributed by atoms with E-state index in [0.717, 1.165) is 16.3 Å². The largest absolute Gasteiger partial charge is 0.496 e. The first kappa shape index (κ1) is 18.2. The number of methoxy groups -OCH3 is 1. The summed E-state index contributed by atoms with van der Waals surface area (Å²) in [5.74, 6) is 0.677. The third kappa shape index (κ3) is 4.24. The maximum absolute atomic E-state index is 11.8. The zero-order valence-electron chi connectivity index (χ0n) is 12.9. The van der Waals surface area contributed by atoms with E-state index >= 15 is 0 Å². The first-order valence-electron chi connectivity index (χ1n) is 6.77. The van der Waals surface area contributed by atoms with Crippen LogP contribution in [0.25, 0.3) is 0 Å². The summed E-state index contributed by atoms with van der Waals surface area (Å²) in [7, 11) is -2.16. The molecule has 0 spiro atoms. The molecular weight excluding hydrogens is 400 g/mol. The average Bonchev–Trinajstić information content (AvgIpc) is 2.51. The Balaban J connectivity index is 2.32. The molecule has 0 saturated carbocycles. The molecule has 2 aromatic rings. The summed E-state index contributed by atoms with van der Waals surface area (Å²) in [6.45, 7) is 0.365. The second-order valence-corrected chi connectivity index (χ2v) is 7.92. The summed E-state index contributed by atoms with van der Waals surface area (Å²) in [5, 5.41) is 14.0. The Morgan fingerprint density at radius 3 is 2.54 bits per heavy atom. The van der Waals surface area contributed by atoms with Gasteiger partial charge in [0.25, 0.3) is 5.69 Å². The fourth-order valence-electron chi connectivity index (χ4n) is 2.15. The molecule has 0 unspecified atom stereocenters. The van der Waals surface area contributed by atoms with Crippen LogP contribution in [0, 0.1) is 10.1 Å². The van der Waals surface area contributed by atoms with Crippen molar-refractivity contribution in [2.24, 2.45) is 0 Å². The van der Waals surface area contributed by atoms with Crippen LogP contribution in [0.15, 0.2) is 45.8 Å². The number of ether oxygens (including phenoxy) is 1. The molecule has 0 aliphatic rings. The van der Waals surface area contributed by atoms with E-state index in [2.05, 4.69) is 21.2 Å².